The zero-order valence-electron chi connectivity index (χ0n) is 13.3. The van der Waals surface area contributed by atoms with E-state index in [0.29, 0.717) is 11.5 Å². The molecule has 1 aliphatic rings. The molecule has 4 nitrogen and oxygen atoms in total. The lowest BCUT2D eigenvalue weighted by molar-refractivity contribution is -0.125. The zero-order valence-corrected chi connectivity index (χ0v) is 13.3. The number of carbonyl (C=O) groups is 2. The largest absolute Gasteiger partial charge is 0.368 e. The third-order valence-electron chi connectivity index (χ3n) is 4.35. The number of carbonyl (C=O) groups excluding carboxylic acids is 2. The Morgan fingerprint density at radius 3 is 2.70 bits per heavy atom. The molecule has 5 heteroatoms. The first-order valence-corrected chi connectivity index (χ1v) is 8.22. The second-order valence-corrected chi connectivity index (χ2v) is 6.24. The van der Waals surface area contributed by atoms with Gasteiger partial charge in [0, 0.05) is 12.8 Å². The summed E-state index contributed by atoms with van der Waals surface area (Å²) < 4.78 is 13.2. The molecule has 125 valence electrons. The number of halogens is 1. The van der Waals surface area contributed by atoms with E-state index in [1.807, 2.05) is 0 Å². The molecule has 0 aromatic heterocycles. The fraction of sp³-hybridized carbons (Fsp3) is 0.500. The maximum absolute atomic E-state index is 13.2. The number of nitrogens with two attached hydrogens (primary N) is 1. The molecule has 2 amide bonds. The van der Waals surface area contributed by atoms with E-state index in [0.717, 1.165) is 19.3 Å². The van der Waals surface area contributed by atoms with Crippen molar-refractivity contribution in [2.45, 2.75) is 51.0 Å². The van der Waals surface area contributed by atoms with Crippen LogP contribution in [0.1, 0.15) is 44.1 Å². The topological polar surface area (TPSA) is 72.2 Å². The van der Waals surface area contributed by atoms with E-state index in [9.17, 15) is 14.0 Å². The summed E-state index contributed by atoms with van der Waals surface area (Å²) in [7, 11) is 0. The lowest BCUT2D eigenvalue weighted by atomic mass is 9.86. The molecule has 1 fully saturated rings. The maximum atomic E-state index is 13.2. The van der Waals surface area contributed by atoms with Gasteiger partial charge in [-0.2, -0.15) is 0 Å². The number of nitrogens with one attached hydrogen (secondary N) is 1. The molecule has 0 aliphatic heterocycles. The molecule has 1 aromatic carbocycles. The van der Waals surface area contributed by atoms with Crippen LogP contribution in [0.2, 0.25) is 0 Å². The van der Waals surface area contributed by atoms with E-state index in [2.05, 4.69) is 5.32 Å². The lowest BCUT2D eigenvalue weighted by Gasteiger charge is -2.21. The average molecular weight is 319 g/mol. The molecule has 1 saturated carbocycles. The Kier molecular flexibility index (Phi) is 6.56. The normalized spacial score (nSPS) is 16.7. The molecule has 1 aromatic rings. The van der Waals surface area contributed by atoms with Crippen LogP contribution in [-0.2, 0) is 16.0 Å². The van der Waals surface area contributed by atoms with Crippen molar-refractivity contribution in [1.82, 2.24) is 5.32 Å². The summed E-state index contributed by atoms with van der Waals surface area (Å²) in [6.45, 7) is 0. The van der Waals surface area contributed by atoms with Gasteiger partial charge >= 0.3 is 0 Å². The summed E-state index contributed by atoms with van der Waals surface area (Å²) in [4.78, 5) is 23.5. The molecule has 2 rings (SSSR count). The van der Waals surface area contributed by atoms with Crippen molar-refractivity contribution >= 4 is 11.8 Å². The van der Waals surface area contributed by atoms with Crippen molar-refractivity contribution in [1.29, 1.82) is 0 Å². The zero-order chi connectivity index (χ0) is 16.7. The minimum absolute atomic E-state index is 0.191. The van der Waals surface area contributed by atoms with E-state index in [-0.39, 0.29) is 18.1 Å². The van der Waals surface area contributed by atoms with Crippen LogP contribution in [0.4, 0.5) is 4.39 Å². The van der Waals surface area contributed by atoms with Crippen LogP contribution in [0.3, 0.4) is 0 Å². The molecular weight excluding hydrogens is 295 g/mol. The third kappa shape index (κ3) is 6.00. The minimum atomic E-state index is -0.827. The highest BCUT2D eigenvalue weighted by Crippen LogP contribution is 2.26. The van der Waals surface area contributed by atoms with Gasteiger partial charge in [-0.05, 0) is 30.0 Å². The van der Waals surface area contributed by atoms with Crippen LogP contribution in [0.5, 0.6) is 0 Å². The quantitative estimate of drug-likeness (QED) is 0.810. The molecule has 1 aliphatic carbocycles. The maximum Gasteiger partial charge on any atom is 0.240 e. The summed E-state index contributed by atoms with van der Waals surface area (Å²) in [6, 6.07) is 5.12. The van der Waals surface area contributed by atoms with Gasteiger partial charge in [0.2, 0.25) is 11.8 Å². The molecular formula is C18H24FN2O2. The van der Waals surface area contributed by atoms with Crippen LogP contribution < -0.4 is 11.1 Å². The number of hydrogen-bond acceptors (Lipinski definition) is 2. The van der Waals surface area contributed by atoms with Gasteiger partial charge in [-0.1, -0.05) is 44.2 Å². The van der Waals surface area contributed by atoms with E-state index in [4.69, 9.17) is 5.73 Å². The molecule has 0 heterocycles. The number of rotatable bonds is 7. The van der Waals surface area contributed by atoms with Crippen LogP contribution in [0.25, 0.3) is 0 Å². The van der Waals surface area contributed by atoms with Crippen molar-refractivity contribution in [3.8, 4) is 0 Å². The molecule has 3 N–H and O–H groups in total. The fourth-order valence-corrected chi connectivity index (χ4v) is 3.05. The van der Waals surface area contributed by atoms with E-state index in [1.54, 1.807) is 18.6 Å². The average Bonchev–Trinajstić information content (AvgIpc) is 2.53. The molecule has 0 spiro atoms. The first-order chi connectivity index (χ1) is 11.0. The lowest BCUT2D eigenvalue weighted by Crippen LogP contribution is -2.46. The van der Waals surface area contributed by atoms with Crippen LogP contribution in [-0.4, -0.2) is 17.9 Å². The van der Waals surface area contributed by atoms with Gasteiger partial charge in [-0.3, -0.25) is 9.59 Å². The van der Waals surface area contributed by atoms with Gasteiger partial charge in [0.05, 0.1) is 0 Å². The molecule has 1 radical (unpaired) electrons. The predicted molar refractivity (Wildman–Crippen MR) is 86.7 cm³/mol. The van der Waals surface area contributed by atoms with Gasteiger partial charge in [0.25, 0.3) is 0 Å². The Labute approximate surface area is 136 Å². The van der Waals surface area contributed by atoms with E-state index in [1.165, 1.54) is 31.4 Å². The molecule has 23 heavy (non-hydrogen) atoms. The Morgan fingerprint density at radius 1 is 1.30 bits per heavy atom. The third-order valence-corrected chi connectivity index (χ3v) is 4.35. The Morgan fingerprint density at radius 2 is 2.04 bits per heavy atom. The highest BCUT2D eigenvalue weighted by molar-refractivity contribution is 5.90. The summed E-state index contributed by atoms with van der Waals surface area (Å²) in [5.74, 6) is -0.713. The summed E-state index contributed by atoms with van der Waals surface area (Å²) in [5, 5.41) is 2.63. The Hall–Kier alpha value is -1.91. The first kappa shape index (κ1) is 17.4. The fourth-order valence-electron chi connectivity index (χ4n) is 3.05. The van der Waals surface area contributed by atoms with E-state index < -0.39 is 11.9 Å². The molecule has 0 saturated heterocycles. The predicted octanol–water partition coefficient (Wildman–Crippen LogP) is 2.51. The Bertz CT molecular complexity index is 542. The van der Waals surface area contributed by atoms with Crippen molar-refractivity contribution < 1.29 is 14.0 Å². The molecule has 1 atom stereocenters. The van der Waals surface area contributed by atoms with E-state index >= 15 is 0 Å². The summed E-state index contributed by atoms with van der Waals surface area (Å²) in [5.41, 5.74) is 5.97. The second kappa shape index (κ2) is 8.65. The highest BCUT2D eigenvalue weighted by atomic mass is 19.1. The van der Waals surface area contributed by atoms with Gasteiger partial charge in [0.15, 0.2) is 0 Å². The van der Waals surface area contributed by atoms with Gasteiger partial charge < -0.3 is 11.1 Å². The second-order valence-electron chi connectivity index (χ2n) is 6.24. The van der Waals surface area contributed by atoms with Gasteiger partial charge in [-0.25, -0.2) is 4.39 Å². The van der Waals surface area contributed by atoms with Crippen molar-refractivity contribution in [3.63, 3.8) is 0 Å². The minimum Gasteiger partial charge on any atom is -0.368 e. The Balaban J connectivity index is 1.83. The highest BCUT2D eigenvalue weighted by Gasteiger charge is 2.20. The number of primary amides is 1. The smallest absolute Gasteiger partial charge is 0.240 e. The molecule has 0 bridgehead atoms. The van der Waals surface area contributed by atoms with Gasteiger partial charge in [0.1, 0.15) is 11.9 Å². The monoisotopic (exact) mass is 319 g/mol. The van der Waals surface area contributed by atoms with Crippen LogP contribution >= 0.6 is 0 Å². The summed E-state index contributed by atoms with van der Waals surface area (Å²) >= 11 is 0. The van der Waals surface area contributed by atoms with Crippen molar-refractivity contribution in [2.75, 3.05) is 0 Å². The van der Waals surface area contributed by atoms with Gasteiger partial charge in [-0.15, -0.1) is 0 Å². The molecule has 0 unspecified atom stereocenters. The summed E-state index contributed by atoms with van der Waals surface area (Å²) in [6.07, 6.45) is 8.58. The van der Waals surface area contributed by atoms with Crippen LogP contribution in [0, 0.1) is 18.2 Å². The van der Waals surface area contributed by atoms with Crippen LogP contribution in [0.15, 0.2) is 24.3 Å². The first-order valence-electron chi connectivity index (χ1n) is 8.22. The van der Waals surface area contributed by atoms with Crippen molar-refractivity contribution in [2.24, 2.45) is 11.7 Å². The number of amides is 2. The number of hydrogen-bond donors (Lipinski definition) is 2. The number of benzene rings is 1. The van der Waals surface area contributed by atoms with Crippen molar-refractivity contribution in [3.05, 3.63) is 42.1 Å². The standard InChI is InChI=1S/C18H24FN2O2/c19-15-8-4-7-14(11-15)12-16(18(20)23)21-17(22)10-9-13-5-2-1-3-6-13/h4,7-8,10-11,13,16H,1-3,5-6,9,12H2,(H2,20,23)(H,21,22)/t16-/m0/s1. The SMILES string of the molecule is NC(=O)[C@H](Cc1cccc(F)c1)NC(=O)[CH]CC1CCCCC1.